The van der Waals surface area contributed by atoms with Gasteiger partial charge in [0.2, 0.25) is 0 Å². The van der Waals surface area contributed by atoms with Gasteiger partial charge in [0.1, 0.15) is 6.61 Å². The van der Waals surface area contributed by atoms with Gasteiger partial charge in [-0.1, -0.05) is 78.9 Å². The third-order valence-corrected chi connectivity index (χ3v) is 6.42. The summed E-state index contributed by atoms with van der Waals surface area (Å²) in [6.07, 6.45) is 3.52. The Morgan fingerprint density at radius 3 is 2.42 bits per heavy atom. The maximum atomic E-state index is 13.1. The number of carbonyl (C=O) groups is 1. The van der Waals surface area contributed by atoms with Gasteiger partial charge in [-0.05, 0) is 35.6 Å². The van der Waals surface area contributed by atoms with Gasteiger partial charge in [-0.2, -0.15) is 0 Å². The largest absolute Gasteiger partial charge is 0.445 e. The number of benzene rings is 3. The normalized spacial score (nSPS) is 18.0. The topological polar surface area (TPSA) is 57.4 Å². The van der Waals surface area contributed by atoms with Gasteiger partial charge in [0.25, 0.3) is 0 Å². The lowest BCUT2D eigenvalue weighted by Crippen LogP contribution is -2.38. The molecule has 1 fully saturated rings. The van der Waals surface area contributed by atoms with Crippen molar-refractivity contribution >= 4 is 17.0 Å². The van der Waals surface area contributed by atoms with Crippen molar-refractivity contribution in [3.63, 3.8) is 0 Å². The highest BCUT2D eigenvalue weighted by molar-refractivity contribution is 5.83. The van der Waals surface area contributed by atoms with Crippen LogP contribution in [0.3, 0.4) is 0 Å². The van der Waals surface area contributed by atoms with Crippen LogP contribution in [-0.2, 0) is 24.3 Å². The summed E-state index contributed by atoms with van der Waals surface area (Å²) in [5, 5.41) is 4.86. The summed E-state index contributed by atoms with van der Waals surface area (Å²) < 4.78 is 5.71. The summed E-state index contributed by atoms with van der Waals surface area (Å²) in [6.45, 7) is 1.73. The highest BCUT2D eigenvalue weighted by atomic mass is 16.6. The Labute approximate surface area is 194 Å². The Kier molecular flexibility index (Phi) is 6.40. The molecule has 0 saturated carbocycles. The van der Waals surface area contributed by atoms with Gasteiger partial charge in [0.15, 0.2) is 0 Å². The predicted octanol–water partition coefficient (Wildman–Crippen LogP) is 5.28. The molecular weight excluding hydrogens is 410 g/mol. The number of amides is 1. The van der Waals surface area contributed by atoms with Gasteiger partial charge in [0, 0.05) is 42.3 Å². The van der Waals surface area contributed by atoms with Crippen molar-refractivity contribution in [1.29, 1.82) is 0 Å². The summed E-state index contributed by atoms with van der Waals surface area (Å²) in [5.41, 5.74) is 4.61. The standard InChI is InChI=1S/C28H29N3O2/c32-28(33-20-22-11-5-2-6-12-22)31-19-24(29-17-21-9-3-1-4-10-21)16-25(31)15-23-18-30-27-14-8-7-13-26(23)27/h1-14,18,24-25,29-30H,15-17,19-20H2/t24-,25+/m0/s1. The van der Waals surface area contributed by atoms with Crippen molar-refractivity contribution in [2.45, 2.75) is 38.1 Å². The second-order valence-electron chi connectivity index (χ2n) is 8.71. The van der Waals surface area contributed by atoms with Crippen molar-refractivity contribution in [3.8, 4) is 0 Å². The average Bonchev–Trinajstić information content (AvgIpc) is 3.47. The zero-order chi connectivity index (χ0) is 22.5. The summed E-state index contributed by atoms with van der Waals surface area (Å²) in [5.74, 6) is 0. The van der Waals surface area contributed by atoms with E-state index in [0.717, 1.165) is 30.5 Å². The van der Waals surface area contributed by atoms with E-state index in [4.69, 9.17) is 4.74 Å². The van der Waals surface area contributed by atoms with E-state index in [1.165, 1.54) is 16.5 Å². The van der Waals surface area contributed by atoms with Crippen molar-refractivity contribution in [2.75, 3.05) is 6.54 Å². The zero-order valence-corrected chi connectivity index (χ0v) is 18.6. The minimum absolute atomic E-state index is 0.0840. The van der Waals surface area contributed by atoms with Crippen LogP contribution >= 0.6 is 0 Å². The molecule has 168 valence electrons. The molecule has 0 aliphatic carbocycles. The fourth-order valence-electron chi connectivity index (χ4n) is 4.70. The number of rotatable bonds is 7. The number of fused-ring (bicyclic) bond motifs is 1. The fraction of sp³-hybridized carbons (Fsp3) is 0.250. The number of likely N-dealkylation sites (tertiary alicyclic amines) is 1. The van der Waals surface area contributed by atoms with Crippen molar-refractivity contribution < 1.29 is 9.53 Å². The molecule has 0 bridgehead atoms. The Bertz CT molecular complexity index is 1190. The van der Waals surface area contributed by atoms with Crippen molar-refractivity contribution in [1.82, 2.24) is 15.2 Å². The first kappa shape index (κ1) is 21.3. The number of hydrogen-bond donors (Lipinski definition) is 2. The van der Waals surface area contributed by atoms with Gasteiger partial charge in [-0.3, -0.25) is 0 Å². The molecule has 2 atom stereocenters. The second kappa shape index (κ2) is 9.92. The van der Waals surface area contributed by atoms with E-state index in [1.54, 1.807) is 0 Å². The van der Waals surface area contributed by atoms with Crippen molar-refractivity contribution in [2.24, 2.45) is 0 Å². The molecular formula is C28H29N3O2. The monoisotopic (exact) mass is 439 g/mol. The Balaban J connectivity index is 1.29. The van der Waals surface area contributed by atoms with E-state index in [2.05, 4.69) is 59.0 Å². The van der Waals surface area contributed by atoms with Gasteiger partial charge in [-0.25, -0.2) is 4.79 Å². The van der Waals surface area contributed by atoms with Crippen LogP contribution in [0.1, 0.15) is 23.1 Å². The fourth-order valence-corrected chi connectivity index (χ4v) is 4.70. The third-order valence-electron chi connectivity index (χ3n) is 6.42. The van der Waals surface area contributed by atoms with Crippen molar-refractivity contribution in [3.05, 3.63) is 108 Å². The van der Waals surface area contributed by atoms with Crippen LogP contribution in [0.25, 0.3) is 10.9 Å². The van der Waals surface area contributed by atoms with Crippen LogP contribution in [0.2, 0.25) is 0 Å². The smallest absolute Gasteiger partial charge is 0.410 e. The molecule has 0 spiro atoms. The second-order valence-corrected chi connectivity index (χ2v) is 8.71. The SMILES string of the molecule is O=C(OCc1ccccc1)N1C[C@@H](NCc2ccccc2)C[C@H]1Cc1c[nH]c2ccccc12. The number of hydrogen-bond acceptors (Lipinski definition) is 3. The molecule has 3 aromatic carbocycles. The number of para-hydroxylation sites is 1. The Morgan fingerprint density at radius 1 is 0.939 bits per heavy atom. The van der Waals surface area contributed by atoms with E-state index >= 15 is 0 Å². The number of ether oxygens (including phenoxy) is 1. The summed E-state index contributed by atoms with van der Waals surface area (Å²) in [7, 11) is 0. The summed E-state index contributed by atoms with van der Waals surface area (Å²) in [4.78, 5) is 18.4. The molecule has 1 saturated heterocycles. The molecule has 4 aromatic rings. The molecule has 1 aliphatic rings. The predicted molar refractivity (Wildman–Crippen MR) is 131 cm³/mol. The lowest BCUT2D eigenvalue weighted by atomic mass is 10.0. The zero-order valence-electron chi connectivity index (χ0n) is 18.6. The van der Waals surface area contributed by atoms with E-state index in [1.807, 2.05) is 47.4 Å². The molecule has 1 aromatic heterocycles. The first-order valence-electron chi connectivity index (χ1n) is 11.6. The average molecular weight is 440 g/mol. The minimum Gasteiger partial charge on any atom is -0.445 e. The van der Waals surface area contributed by atoms with Gasteiger partial charge >= 0.3 is 6.09 Å². The number of H-pyrrole nitrogens is 1. The number of aromatic nitrogens is 1. The molecule has 2 heterocycles. The molecule has 5 heteroatoms. The molecule has 0 unspecified atom stereocenters. The van der Waals surface area contributed by atoms with E-state index < -0.39 is 0 Å². The van der Waals surface area contributed by atoms with Crippen LogP contribution < -0.4 is 5.32 Å². The number of carbonyl (C=O) groups excluding carboxylic acids is 1. The lowest BCUT2D eigenvalue weighted by Gasteiger charge is -2.24. The molecule has 1 amide bonds. The van der Waals surface area contributed by atoms with Gasteiger partial charge in [-0.15, -0.1) is 0 Å². The minimum atomic E-state index is -0.243. The number of nitrogens with one attached hydrogen (secondary N) is 2. The first-order valence-corrected chi connectivity index (χ1v) is 11.6. The van der Waals surface area contributed by atoms with Gasteiger partial charge < -0.3 is 19.9 Å². The van der Waals surface area contributed by atoms with Crippen LogP contribution in [0.4, 0.5) is 4.79 Å². The third kappa shape index (κ3) is 5.10. The Morgan fingerprint density at radius 2 is 1.64 bits per heavy atom. The van der Waals surface area contributed by atoms with Gasteiger partial charge in [0.05, 0.1) is 0 Å². The quantitative estimate of drug-likeness (QED) is 0.412. The van der Waals surface area contributed by atoms with Crippen LogP contribution in [0.5, 0.6) is 0 Å². The highest BCUT2D eigenvalue weighted by Crippen LogP contribution is 2.27. The first-order chi connectivity index (χ1) is 16.3. The molecule has 0 radical (unpaired) electrons. The molecule has 2 N–H and O–H groups in total. The molecule has 33 heavy (non-hydrogen) atoms. The molecule has 1 aliphatic heterocycles. The lowest BCUT2D eigenvalue weighted by molar-refractivity contribution is 0.0916. The van der Waals surface area contributed by atoms with Crippen LogP contribution in [0, 0.1) is 0 Å². The summed E-state index contributed by atoms with van der Waals surface area (Å²) >= 11 is 0. The van der Waals surface area contributed by atoms with E-state index in [9.17, 15) is 4.79 Å². The molecule has 5 rings (SSSR count). The number of nitrogens with zero attached hydrogens (tertiary/aromatic N) is 1. The van der Waals surface area contributed by atoms with E-state index in [-0.39, 0.29) is 24.8 Å². The van der Waals surface area contributed by atoms with Crippen LogP contribution in [-0.4, -0.2) is 34.6 Å². The Hall–Kier alpha value is -3.57. The molecule has 5 nitrogen and oxygen atoms in total. The highest BCUT2D eigenvalue weighted by Gasteiger charge is 2.36. The maximum Gasteiger partial charge on any atom is 0.410 e. The van der Waals surface area contributed by atoms with E-state index in [0.29, 0.717) is 6.54 Å². The maximum absolute atomic E-state index is 13.1. The summed E-state index contributed by atoms with van der Waals surface area (Å²) in [6, 6.07) is 28.9. The van der Waals surface area contributed by atoms with Crippen LogP contribution in [0.15, 0.2) is 91.1 Å². The number of aromatic amines is 1.